The Morgan fingerprint density at radius 3 is 2.67 bits per heavy atom. The number of aromatic nitrogens is 2. The highest BCUT2D eigenvalue weighted by Gasteiger charge is 2.07. The van der Waals surface area contributed by atoms with Crippen molar-refractivity contribution in [2.45, 2.75) is 20.5 Å². The third kappa shape index (κ3) is 3.23. The van der Waals surface area contributed by atoms with E-state index in [1.807, 2.05) is 51.2 Å². The summed E-state index contributed by atoms with van der Waals surface area (Å²) >= 11 is 0. The van der Waals surface area contributed by atoms with Crippen LogP contribution in [-0.2, 0) is 23.2 Å². The minimum absolute atomic E-state index is 0.259. The molecule has 122 valence electrons. The van der Waals surface area contributed by atoms with Gasteiger partial charge in [0.05, 0.1) is 5.69 Å². The maximum atomic E-state index is 12.0. The highest BCUT2D eigenvalue weighted by atomic mass is 16.5. The van der Waals surface area contributed by atoms with E-state index < -0.39 is 0 Å². The molecule has 0 atom stereocenters. The molecule has 0 N–H and O–H groups in total. The Labute approximate surface area is 141 Å². The summed E-state index contributed by atoms with van der Waals surface area (Å²) in [6.07, 6.45) is 3.23. The third-order valence-corrected chi connectivity index (χ3v) is 4.20. The Balaban J connectivity index is 1.70. The Morgan fingerprint density at radius 1 is 1.17 bits per heavy atom. The van der Waals surface area contributed by atoms with Crippen LogP contribution in [0.25, 0.3) is 16.8 Å². The number of carbonyl (C=O) groups excluding carboxylic acids is 1. The van der Waals surface area contributed by atoms with Gasteiger partial charge >= 0.3 is 5.97 Å². The van der Waals surface area contributed by atoms with Crippen molar-refractivity contribution < 1.29 is 9.53 Å². The summed E-state index contributed by atoms with van der Waals surface area (Å²) in [7, 11) is 1.89. The predicted octanol–water partition coefficient (Wildman–Crippen LogP) is 3.95. The summed E-state index contributed by atoms with van der Waals surface area (Å²) in [4.78, 5) is 12.0. The van der Waals surface area contributed by atoms with Gasteiger partial charge in [0.15, 0.2) is 0 Å². The molecular weight excluding hydrogens is 300 g/mol. The van der Waals surface area contributed by atoms with Crippen LogP contribution in [0, 0.1) is 13.8 Å². The van der Waals surface area contributed by atoms with Gasteiger partial charge in [0.1, 0.15) is 6.61 Å². The van der Waals surface area contributed by atoms with E-state index in [1.54, 1.807) is 10.8 Å². The number of carbonyl (C=O) groups is 1. The van der Waals surface area contributed by atoms with Crippen LogP contribution in [0.15, 0.2) is 48.5 Å². The number of fused-ring (bicyclic) bond motifs is 1. The molecule has 0 aliphatic heterocycles. The number of esters is 1. The molecule has 0 saturated carbocycles. The van der Waals surface area contributed by atoms with E-state index in [2.05, 4.69) is 17.2 Å². The SMILES string of the molecule is Cc1nn(C)c(C)c1/C=C/C(=O)OCc1cccc2ccccc12. The van der Waals surface area contributed by atoms with Crippen molar-refractivity contribution in [3.63, 3.8) is 0 Å². The molecule has 0 unspecified atom stereocenters. The average molecular weight is 320 g/mol. The lowest BCUT2D eigenvalue weighted by Gasteiger charge is -2.06. The molecule has 0 amide bonds. The maximum absolute atomic E-state index is 12.0. The van der Waals surface area contributed by atoms with Crippen molar-refractivity contribution in [1.29, 1.82) is 0 Å². The summed E-state index contributed by atoms with van der Waals surface area (Å²) in [6.45, 7) is 4.16. The normalized spacial score (nSPS) is 11.3. The number of hydrogen-bond donors (Lipinski definition) is 0. The van der Waals surface area contributed by atoms with Crippen LogP contribution in [-0.4, -0.2) is 15.7 Å². The fourth-order valence-electron chi connectivity index (χ4n) is 2.80. The standard InChI is InChI=1S/C20H20N2O2/c1-14-18(15(2)22(3)21-14)11-12-20(23)24-13-17-9-6-8-16-7-4-5-10-19(16)17/h4-12H,13H2,1-3H3/b12-11+. The first-order valence-corrected chi connectivity index (χ1v) is 7.88. The first kappa shape index (κ1) is 16.0. The van der Waals surface area contributed by atoms with E-state index >= 15 is 0 Å². The van der Waals surface area contributed by atoms with Crippen LogP contribution < -0.4 is 0 Å². The van der Waals surface area contributed by atoms with Gasteiger partial charge in [0.2, 0.25) is 0 Å². The zero-order valence-electron chi connectivity index (χ0n) is 14.1. The van der Waals surface area contributed by atoms with Gasteiger partial charge in [-0.1, -0.05) is 42.5 Å². The Hall–Kier alpha value is -2.88. The number of hydrogen-bond acceptors (Lipinski definition) is 3. The molecule has 3 rings (SSSR count). The molecule has 4 nitrogen and oxygen atoms in total. The maximum Gasteiger partial charge on any atom is 0.331 e. The van der Waals surface area contributed by atoms with Crippen molar-refractivity contribution in [3.8, 4) is 0 Å². The molecule has 0 saturated heterocycles. The molecule has 24 heavy (non-hydrogen) atoms. The van der Waals surface area contributed by atoms with Gasteiger partial charge in [-0.15, -0.1) is 0 Å². The molecule has 1 heterocycles. The van der Waals surface area contributed by atoms with Crippen LogP contribution in [0.5, 0.6) is 0 Å². The van der Waals surface area contributed by atoms with Crippen LogP contribution in [0.2, 0.25) is 0 Å². The van der Waals surface area contributed by atoms with Crippen molar-refractivity contribution >= 4 is 22.8 Å². The second-order valence-electron chi connectivity index (χ2n) is 5.79. The zero-order chi connectivity index (χ0) is 17.1. The van der Waals surface area contributed by atoms with Gasteiger partial charge < -0.3 is 4.74 Å². The van der Waals surface area contributed by atoms with E-state index in [0.29, 0.717) is 0 Å². The van der Waals surface area contributed by atoms with Gasteiger partial charge in [0, 0.05) is 24.4 Å². The van der Waals surface area contributed by atoms with Crippen molar-refractivity contribution in [3.05, 3.63) is 71.1 Å². The summed E-state index contributed by atoms with van der Waals surface area (Å²) in [5, 5.41) is 6.58. The fraction of sp³-hybridized carbons (Fsp3) is 0.200. The van der Waals surface area contributed by atoms with Gasteiger partial charge in [-0.2, -0.15) is 5.10 Å². The Bertz CT molecular complexity index is 917. The second kappa shape index (κ2) is 6.71. The minimum Gasteiger partial charge on any atom is -0.458 e. The number of aryl methyl sites for hydroxylation is 2. The smallest absolute Gasteiger partial charge is 0.331 e. The quantitative estimate of drug-likeness (QED) is 0.540. The van der Waals surface area contributed by atoms with E-state index in [4.69, 9.17) is 4.74 Å². The Kier molecular flexibility index (Phi) is 4.47. The van der Waals surface area contributed by atoms with Gasteiger partial charge in [-0.3, -0.25) is 4.68 Å². The monoisotopic (exact) mass is 320 g/mol. The largest absolute Gasteiger partial charge is 0.458 e. The van der Waals surface area contributed by atoms with E-state index in [0.717, 1.165) is 33.3 Å². The topological polar surface area (TPSA) is 44.1 Å². The van der Waals surface area contributed by atoms with Crippen LogP contribution in [0.4, 0.5) is 0 Å². The van der Waals surface area contributed by atoms with Crippen LogP contribution in [0.1, 0.15) is 22.5 Å². The molecule has 4 heteroatoms. The van der Waals surface area contributed by atoms with Crippen molar-refractivity contribution in [2.24, 2.45) is 7.05 Å². The zero-order valence-corrected chi connectivity index (χ0v) is 14.1. The molecule has 0 bridgehead atoms. The number of nitrogens with zero attached hydrogens (tertiary/aromatic N) is 2. The van der Waals surface area contributed by atoms with Crippen molar-refractivity contribution in [2.75, 3.05) is 0 Å². The molecule has 1 aromatic heterocycles. The molecule has 0 aliphatic carbocycles. The summed E-state index contributed by atoms with van der Waals surface area (Å²) < 4.78 is 7.19. The van der Waals surface area contributed by atoms with E-state index in [-0.39, 0.29) is 12.6 Å². The second-order valence-corrected chi connectivity index (χ2v) is 5.79. The summed E-state index contributed by atoms with van der Waals surface area (Å²) in [5.41, 5.74) is 3.88. The Morgan fingerprint density at radius 2 is 1.92 bits per heavy atom. The van der Waals surface area contributed by atoms with Gasteiger partial charge in [-0.25, -0.2) is 4.79 Å². The van der Waals surface area contributed by atoms with Crippen LogP contribution >= 0.6 is 0 Å². The fourth-order valence-corrected chi connectivity index (χ4v) is 2.80. The molecule has 0 fully saturated rings. The first-order valence-electron chi connectivity index (χ1n) is 7.88. The molecule has 0 aliphatic rings. The lowest BCUT2D eigenvalue weighted by Crippen LogP contribution is -2.01. The average Bonchev–Trinajstić information content (AvgIpc) is 2.83. The molecule has 2 aromatic carbocycles. The molecule has 0 spiro atoms. The highest BCUT2D eigenvalue weighted by Crippen LogP contribution is 2.19. The van der Waals surface area contributed by atoms with E-state index in [1.165, 1.54) is 6.08 Å². The lowest BCUT2D eigenvalue weighted by atomic mass is 10.1. The third-order valence-electron chi connectivity index (χ3n) is 4.20. The summed E-state index contributed by atoms with van der Waals surface area (Å²) in [6, 6.07) is 14.1. The first-order chi connectivity index (χ1) is 11.6. The number of rotatable bonds is 4. The number of ether oxygens (including phenoxy) is 1. The predicted molar refractivity (Wildman–Crippen MR) is 95.5 cm³/mol. The molecular formula is C20H20N2O2. The van der Waals surface area contributed by atoms with E-state index in [9.17, 15) is 4.79 Å². The van der Waals surface area contributed by atoms with Gasteiger partial charge in [-0.05, 0) is 36.3 Å². The minimum atomic E-state index is -0.356. The van der Waals surface area contributed by atoms with Gasteiger partial charge in [0.25, 0.3) is 0 Å². The van der Waals surface area contributed by atoms with Crippen molar-refractivity contribution in [1.82, 2.24) is 9.78 Å². The highest BCUT2D eigenvalue weighted by molar-refractivity contribution is 5.88. The molecule has 0 radical (unpaired) electrons. The number of benzene rings is 2. The lowest BCUT2D eigenvalue weighted by molar-refractivity contribution is -0.138. The van der Waals surface area contributed by atoms with Crippen LogP contribution in [0.3, 0.4) is 0 Å². The molecule has 3 aromatic rings. The summed E-state index contributed by atoms with van der Waals surface area (Å²) in [5.74, 6) is -0.356.